The second kappa shape index (κ2) is 12.1. The Hall–Kier alpha value is -4.56. The summed E-state index contributed by atoms with van der Waals surface area (Å²) in [6, 6.07) is 20.9. The molecule has 38 heavy (non-hydrogen) atoms. The zero-order chi connectivity index (χ0) is 27.1. The number of nitrogens with one attached hydrogen (secondary N) is 1. The van der Waals surface area contributed by atoms with Crippen LogP contribution < -0.4 is 20.2 Å². The van der Waals surface area contributed by atoms with Gasteiger partial charge in [-0.3, -0.25) is 9.59 Å². The minimum Gasteiger partial charge on any atom is -0.504 e. The van der Waals surface area contributed by atoms with Crippen molar-refractivity contribution in [2.24, 2.45) is 0 Å². The molecule has 3 N–H and O–H groups in total. The lowest BCUT2D eigenvalue weighted by Gasteiger charge is -2.12. The predicted molar refractivity (Wildman–Crippen MR) is 151 cm³/mol. The highest BCUT2D eigenvalue weighted by molar-refractivity contribution is 7.19. The second-order valence-corrected chi connectivity index (χ2v) is 9.41. The average Bonchev–Trinajstić information content (AvgIpc) is 2.93. The molecule has 194 valence electrons. The van der Waals surface area contributed by atoms with Crippen LogP contribution in [0.15, 0.2) is 83.7 Å². The van der Waals surface area contributed by atoms with E-state index >= 15 is 0 Å². The van der Waals surface area contributed by atoms with Crippen molar-refractivity contribution < 1.29 is 24.5 Å². The first-order chi connectivity index (χ1) is 18.4. The molecule has 0 unspecified atom stereocenters. The Morgan fingerprint density at radius 1 is 0.921 bits per heavy atom. The predicted octanol–water partition coefficient (Wildman–Crippen LogP) is 5.75. The van der Waals surface area contributed by atoms with Crippen LogP contribution in [0.25, 0.3) is 16.5 Å². The van der Waals surface area contributed by atoms with Gasteiger partial charge in [-0.15, -0.1) is 11.3 Å². The van der Waals surface area contributed by atoms with Crippen molar-refractivity contribution in [3.05, 3.63) is 106 Å². The van der Waals surface area contributed by atoms with Crippen LogP contribution in [-0.2, 0) is 6.42 Å². The number of phenolic OH excluding ortho intramolecular Hbond substituents is 2. The van der Waals surface area contributed by atoms with E-state index in [2.05, 4.69) is 5.32 Å². The first-order valence-corrected chi connectivity index (χ1v) is 12.6. The fourth-order valence-corrected chi connectivity index (χ4v) is 4.95. The molecule has 0 amide bonds. The van der Waals surface area contributed by atoms with E-state index in [4.69, 9.17) is 9.47 Å². The molecule has 0 aliphatic carbocycles. The van der Waals surface area contributed by atoms with Gasteiger partial charge in [0.2, 0.25) is 0 Å². The summed E-state index contributed by atoms with van der Waals surface area (Å²) in [6.45, 7) is 0.515. The molecular weight excluding hydrogens is 502 g/mol. The fraction of sp³-hybridized carbons (Fsp3) is 0.133. The molecule has 4 rings (SSSR count). The lowest BCUT2D eigenvalue weighted by molar-refractivity contribution is 0.104. The maximum Gasteiger partial charge on any atom is 0.194 e. The lowest BCUT2D eigenvalue weighted by Crippen LogP contribution is -2.17. The molecule has 1 aromatic heterocycles. The highest BCUT2D eigenvalue weighted by atomic mass is 32.1. The number of carbonyl (C=O) groups excluding carboxylic acids is 1. The average molecular weight is 530 g/mol. The Labute approximate surface area is 224 Å². The van der Waals surface area contributed by atoms with Crippen LogP contribution in [0.4, 0.5) is 5.00 Å². The second-order valence-electron chi connectivity index (χ2n) is 8.36. The normalized spacial score (nSPS) is 10.9. The van der Waals surface area contributed by atoms with Crippen molar-refractivity contribution in [1.29, 1.82) is 0 Å². The summed E-state index contributed by atoms with van der Waals surface area (Å²) in [5, 5.41) is 23.5. The van der Waals surface area contributed by atoms with E-state index in [-0.39, 0.29) is 28.6 Å². The van der Waals surface area contributed by atoms with E-state index in [1.807, 2.05) is 30.3 Å². The van der Waals surface area contributed by atoms with Crippen molar-refractivity contribution in [3.63, 3.8) is 0 Å². The highest BCUT2D eigenvalue weighted by Crippen LogP contribution is 2.35. The third kappa shape index (κ3) is 6.22. The minimum absolute atomic E-state index is 0.00685. The number of aromatic hydroxyl groups is 2. The highest BCUT2D eigenvalue weighted by Gasteiger charge is 2.18. The van der Waals surface area contributed by atoms with E-state index in [1.54, 1.807) is 30.3 Å². The number of allylic oxidation sites excluding steroid dienone is 1. The Morgan fingerprint density at radius 3 is 2.32 bits per heavy atom. The van der Waals surface area contributed by atoms with Crippen LogP contribution in [0.1, 0.15) is 21.5 Å². The summed E-state index contributed by atoms with van der Waals surface area (Å²) in [5.41, 5.74) is 2.06. The van der Waals surface area contributed by atoms with E-state index in [0.29, 0.717) is 34.0 Å². The van der Waals surface area contributed by atoms with Crippen LogP contribution >= 0.6 is 11.3 Å². The molecule has 0 aliphatic heterocycles. The first kappa shape index (κ1) is 26.5. The van der Waals surface area contributed by atoms with E-state index in [0.717, 1.165) is 5.56 Å². The van der Waals surface area contributed by atoms with Crippen LogP contribution in [0, 0.1) is 0 Å². The van der Waals surface area contributed by atoms with Gasteiger partial charge in [-0.2, -0.15) is 0 Å². The molecule has 0 fully saturated rings. The summed E-state index contributed by atoms with van der Waals surface area (Å²) >= 11 is 1.28. The quantitative estimate of drug-likeness (QED) is 0.177. The summed E-state index contributed by atoms with van der Waals surface area (Å²) < 4.78 is 10.3. The van der Waals surface area contributed by atoms with Gasteiger partial charge < -0.3 is 25.0 Å². The van der Waals surface area contributed by atoms with Gasteiger partial charge in [-0.25, -0.2) is 0 Å². The molecule has 0 radical (unpaired) electrons. The number of hydrogen-bond acceptors (Lipinski definition) is 8. The zero-order valence-corrected chi connectivity index (χ0v) is 21.7. The topological polar surface area (TPSA) is 105 Å². The summed E-state index contributed by atoms with van der Waals surface area (Å²) in [6.07, 6.45) is 3.61. The van der Waals surface area contributed by atoms with Gasteiger partial charge in [0.1, 0.15) is 10.6 Å². The van der Waals surface area contributed by atoms with Crippen molar-refractivity contribution in [2.45, 2.75) is 6.42 Å². The van der Waals surface area contributed by atoms with E-state index < -0.39 is 11.2 Å². The zero-order valence-electron chi connectivity index (χ0n) is 20.9. The van der Waals surface area contributed by atoms with E-state index in [1.165, 1.54) is 49.8 Å². The number of phenols is 2. The number of hydrogen-bond donors (Lipinski definition) is 3. The molecule has 0 bridgehead atoms. The molecule has 0 saturated carbocycles. The Kier molecular flexibility index (Phi) is 8.45. The van der Waals surface area contributed by atoms with Gasteiger partial charge in [0.05, 0.1) is 14.2 Å². The van der Waals surface area contributed by atoms with Crippen molar-refractivity contribution >= 4 is 28.2 Å². The van der Waals surface area contributed by atoms with Gasteiger partial charge in [0.15, 0.2) is 34.2 Å². The number of benzene rings is 3. The van der Waals surface area contributed by atoms with Gasteiger partial charge in [-0.1, -0.05) is 42.5 Å². The molecule has 0 aliphatic rings. The summed E-state index contributed by atoms with van der Waals surface area (Å²) in [4.78, 5) is 27.1. The van der Waals surface area contributed by atoms with Gasteiger partial charge in [-0.05, 0) is 59.5 Å². The molecule has 4 aromatic rings. The smallest absolute Gasteiger partial charge is 0.194 e. The monoisotopic (exact) mass is 529 g/mol. The van der Waals surface area contributed by atoms with Crippen LogP contribution in [0.2, 0.25) is 0 Å². The van der Waals surface area contributed by atoms with Crippen LogP contribution in [0.3, 0.4) is 0 Å². The Bertz CT molecular complexity index is 1530. The van der Waals surface area contributed by atoms with Crippen molar-refractivity contribution in [1.82, 2.24) is 0 Å². The van der Waals surface area contributed by atoms with Crippen LogP contribution in [0.5, 0.6) is 23.0 Å². The van der Waals surface area contributed by atoms with Crippen molar-refractivity contribution in [2.75, 3.05) is 26.1 Å². The molecular formula is C30H27NO6S. The van der Waals surface area contributed by atoms with Gasteiger partial charge in [0, 0.05) is 17.5 Å². The maximum atomic E-state index is 13.3. The number of anilines is 1. The first-order valence-electron chi connectivity index (χ1n) is 11.8. The van der Waals surface area contributed by atoms with Gasteiger partial charge >= 0.3 is 0 Å². The van der Waals surface area contributed by atoms with E-state index in [9.17, 15) is 19.8 Å². The number of methoxy groups -OCH3 is 2. The number of ether oxygens (including phenoxy) is 2. The number of carbonyl (C=O) groups is 1. The third-order valence-electron chi connectivity index (χ3n) is 5.83. The summed E-state index contributed by atoms with van der Waals surface area (Å²) in [7, 11) is 2.90. The molecule has 3 aromatic carbocycles. The fourth-order valence-electron chi connectivity index (χ4n) is 3.84. The number of ketones is 1. The SMILES string of the molecule is COc1cc(C=CC(=O)c2c(NCCc3ccccc3)sc(-c3ccc(O)c(OC)c3)cc2=O)ccc1O. The largest absolute Gasteiger partial charge is 0.504 e. The molecule has 1 heterocycles. The molecule has 0 saturated heterocycles. The van der Waals surface area contributed by atoms with Crippen LogP contribution in [-0.4, -0.2) is 36.8 Å². The number of rotatable bonds is 10. The molecule has 8 heteroatoms. The standard InChI is InChI=1S/C30H27NO6S/c1-36-26-16-20(8-11-22(26)32)9-12-24(34)29-25(35)18-28(21-10-13-23(33)27(17-21)37-2)38-30(29)31-15-14-19-6-4-3-5-7-19/h3-13,16-18,31-33H,14-15H2,1-2H3. The maximum absolute atomic E-state index is 13.3. The summed E-state index contributed by atoms with van der Waals surface area (Å²) in [5.74, 6) is 0.102. The Morgan fingerprint density at radius 2 is 1.61 bits per heavy atom. The third-order valence-corrected chi connectivity index (χ3v) is 6.96. The molecule has 0 spiro atoms. The molecule has 7 nitrogen and oxygen atoms in total. The minimum atomic E-state index is -0.449. The van der Waals surface area contributed by atoms with Crippen molar-refractivity contribution in [3.8, 4) is 33.4 Å². The van der Waals surface area contributed by atoms with Gasteiger partial charge in [0.25, 0.3) is 0 Å². The Balaban J connectivity index is 1.68. The lowest BCUT2D eigenvalue weighted by atomic mass is 10.1. The molecule has 0 atom stereocenters.